The van der Waals surface area contributed by atoms with E-state index in [1.165, 1.54) is 36.7 Å². The van der Waals surface area contributed by atoms with E-state index >= 15 is 0 Å². The lowest BCUT2D eigenvalue weighted by atomic mass is 10.0. The number of anilines is 2. The first-order valence-corrected chi connectivity index (χ1v) is 11.7. The first-order chi connectivity index (χ1) is 15.5. The fourth-order valence-electron chi connectivity index (χ4n) is 3.25. The van der Waals surface area contributed by atoms with Gasteiger partial charge in [0.25, 0.3) is 5.91 Å². The van der Waals surface area contributed by atoms with Crippen LogP contribution in [-0.2, 0) is 10.0 Å². The quantitative estimate of drug-likeness (QED) is 0.350. The van der Waals surface area contributed by atoms with E-state index in [0.717, 1.165) is 12.3 Å². The monoisotopic (exact) mass is 515 g/mol. The lowest BCUT2D eigenvalue weighted by molar-refractivity contribution is -0.0500. The minimum Gasteiger partial charge on any atom is -0.456 e. The smallest absolute Gasteiger partial charge is 0.387 e. The van der Waals surface area contributed by atoms with E-state index in [-0.39, 0.29) is 48.9 Å². The second kappa shape index (κ2) is 8.65. The third kappa shape index (κ3) is 4.80. The zero-order valence-electron chi connectivity index (χ0n) is 16.5. The molecule has 0 aliphatic heterocycles. The van der Waals surface area contributed by atoms with Gasteiger partial charge in [-0.15, -0.1) is 0 Å². The number of benzene rings is 2. The Morgan fingerprint density at radius 3 is 2.42 bits per heavy atom. The van der Waals surface area contributed by atoms with Gasteiger partial charge in [-0.3, -0.25) is 14.5 Å². The molecule has 0 fully saturated rings. The van der Waals surface area contributed by atoms with Gasteiger partial charge >= 0.3 is 6.61 Å². The van der Waals surface area contributed by atoms with Gasteiger partial charge in [-0.1, -0.05) is 23.2 Å². The molecule has 8 nitrogen and oxygen atoms in total. The summed E-state index contributed by atoms with van der Waals surface area (Å²) in [5.74, 6) is -1.30. The first-order valence-electron chi connectivity index (χ1n) is 9.05. The highest BCUT2D eigenvalue weighted by Gasteiger charge is 2.25. The van der Waals surface area contributed by atoms with E-state index in [0.29, 0.717) is 0 Å². The molecule has 1 amide bonds. The molecular weight excluding hydrogens is 503 g/mol. The number of aromatic nitrogens is 1. The summed E-state index contributed by atoms with van der Waals surface area (Å²) in [6.07, 6.45) is 3.47. The van der Waals surface area contributed by atoms with Gasteiger partial charge in [0.1, 0.15) is 16.9 Å². The van der Waals surface area contributed by atoms with Crippen LogP contribution in [0.15, 0.2) is 47.1 Å². The van der Waals surface area contributed by atoms with Crippen LogP contribution in [0.2, 0.25) is 10.0 Å². The van der Waals surface area contributed by atoms with Gasteiger partial charge < -0.3 is 14.5 Å². The predicted octanol–water partition coefficient (Wildman–Crippen LogP) is 5.51. The number of furan rings is 1. The number of rotatable bonds is 6. The third-order valence-corrected chi connectivity index (χ3v) is 5.62. The number of halogens is 4. The molecule has 172 valence electrons. The fraction of sp³-hybridized carbons (Fsp3) is 0.100. The van der Waals surface area contributed by atoms with Crippen molar-refractivity contribution in [3.05, 3.63) is 58.3 Å². The number of alkyl halides is 2. The molecule has 0 bridgehead atoms. The molecule has 2 N–H and O–H groups in total. The van der Waals surface area contributed by atoms with Crippen molar-refractivity contribution in [1.82, 2.24) is 4.98 Å². The fourth-order valence-corrected chi connectivity index (χ4v) is 4.27. The lowest BCUT2D eigenvalue weighted by Gasteiger charge is -2.13. The Hall–Kier alpha value is -3.15. The van der Waals surface area contributed by atoms with Crippen LogP contribution in [0.5, 0.6) is 5.75 Å². The summed E-state index contributed by atoms with van der Waals surface area (Å²) in [4.78, 5) is 17.1. The predicted molar refractivity (Wildman–Crippen MR) is 121 cm³/mol. The van der Waals surface area contributed by atoms with Gasteiger partial charge in [0.15, 0.2) is 0 Å². The molecule has 0 unspecified atom stereocenters. The van der Waals surface area contributed by atoms with Crippen LogP contribution >= 0.6 is 23.2 Å². The molecule has 0 saturated carbocycles. The molecule has 0 atom stereocenters. The van der Waals surface area contributed by atoms with Gasteiger partial charge in [-0.25, -0.2) is 8.42 Å². The van der Waals surface area contributed by atoms with E-state index in [4.69, 9.17) is 27.6 Å². The normalized spacial score (nSPS) is 11.8. The van der Waals surface area contributed by atoms with Crippen molar-refractivity contribution in [2.45, 2.75) is 6.61 Å². The van der Waals surface area contributed by atoms with Crippen LogP contribution in [0.4, 0.5) is 20.2 Å². The number of nitrogens with one attached hydrogen (secondary N) is 2. The summed E-state index contributed by atoms with van der Waals surface area (Å²) in [5.41, 5.74) is 0.379. The highest BCUT2D eigenvalue weighted by atomic mass is 35.5. The summed E-state index contributed by atoms with van der Waals surface area (Å²) < 4.78 is 62.1. The van der Waals surface area contributed by atoms with Crippen molar-refractivity contribution in [3.8, 4) is 5.75 Å². The van der Waals surface area contributed by atoms with Crippen LogP contribution in [0.3, 0.4) is 0 Å². The van der Waals surface area contributed by atoms with Crippen LogP contribution in [-0.4, -0.2) is 32.2 Å². The topological polar surface area (TPSA) is 111 Å². The molecule has 0 aliphatic carbocycles. The van der Waals surface area contributed by atoms with E-state index in [1.807, 2.05) is 0 Å². The number of pyridine rings is 1. The maximum atomic E-state index is 13.3. The number of carbonyl (C=O) groups excluding carboxylic acids is 1. The van der Waals surface area contributed by atoms with E-state index < -0.39 is 28.3 Å². The van der Waals surface area contributed by atoms with Gasteiger partial charge in [-0.2, -0.15) is 8.78 Å². The molecular formula is C20H13Cl2F2N3O5S. The average Bonchev–Trinajstić information content (AvgIpc) is 3.07. The molecule has 0 spiro atoms. The molecule has 0 aliphatic rings. The van der Waals surface area contributed by atoms with Crippen molar-refractivity contribution in [1.29, 1.82) is 0 Å². The second-order valence-electron chi connectivity index (χ2n) is 6.81. The average molecular weight is 516 g/mol. The van der Waals surface area contributed by atoms with Gasteiger partial charge in [0.2, 0.25) is 10.0 Å². The van der Waals surface area contributed by atoms with Crippen LogP contribution in [0.25, 0.3) is 21.9 Å². The highest BCUT2D eigenvalue weighted by Crippen LogP contribution is 2.39. The molecule has 13 heteroatoms. The Kier molecular flexibility index (Phi) is 6.04. The van der Waals surface area contributed by atoms with Crippen LogP contribution in [0.1, 0.15) is 10.4 Å². The molecule has 0 radical (unpaired) electrons. The van der Waals surface area contributed by atoms with E-state index in [2.05, 4.69) is 19.8 Å². The summed E-state index contributed by atoms with van der Waals surface area (Å²) in [6, 6.07) is 6.88. The number of ether oxygens (including phenoxy) is 1. The number of hydrogen-bond donors (Lipinski definition) is 2. The molecule has 2 aromatic heterocycles. The minimum atomic E-state index is -3.60. The van der Waals surface area contributed by atoms with Crippen LogP contribution < -0.4 is 14.8 Å². The summed E-state index contributed by atoms with van der Waals surface area (Å²) in [5, 5.41) is 2.95. The number of sulfonamides is 1. The van der Waals surface area contributed by atoms with Crippen molar-refractivity contribution in [2.75, 3.05) is 16.3 Å². The zero-order valence-corrected chi connectivity index (χ0v) is 18.9. The van der Waals surface area contributed by atoms with Gasteiger partial charge in [-0.05, 0) is 30.3 Å². The third-order valence-electron chi connectivity index (χ3n) is 4.44. The second-order valence-corrected chi connectivity index (χ2v) is 9.37. The number of hydrogen-bond acceptors (Lipinski definition) is 6. The molecule has 4 rings (SSSR count). The Morgan fingerprint density at radius 1 is 1.12 bits per heavy atom. The van der Waals surface area contributed by atoms with Crippen molar-refractivity contribution in [3.63, 3.8) is 0 Å². The highest BCUT2D eigenvalue weighted by molar-refractivity contribution is 7.92. The number of amides is 1. The van der Waals surface area contributed by atoms with Gasteiger partial charge in [0.05, 0.1) is 27.6 Å². The lowest BCUT2D eigenvalue weighted by Crippen LogP contribution is -2.16. The Balaban J connectivity index is 1.95. The Morgan fingerprint density at radius 2 is 1.79 bits per heavy atom. The number of carbonyl (C=O) groups is 1. The SMILES string of the molecule is CS(=O)(=O)Nc1ccc2oc3ccc(OC(F)F)c(C(=O)Nc4c(Cl)cncc4Cl)c3c2c1. The summed E-state index contributed by atoms with van der Waals surface area (Å²) in [7, 11) is -3.60. The maximum absolute atomic E-state index is 13.3. The number of nitrogens with zero attached hydrogens (tertiary/aromatic N) is 1. The van der Waals surface area contributed by atoms with Gasteiger partial charge in [0, 0.05) is 28.9 Å². The maximum Gasteiger partial charge on any atom is 0.387 e. The Bertz CT molecular complexity index is 1490. The molecule has 2 aromatic carbocycles. The zero-order chi connectivity index (χ0) is 23.9. The van der Waals surface area contributed by atoms with Crippen molar-refractivity contribution in [2.24, 2.45) is 0 Å². The Labute approximate surface area is 195 Å². The van der Waals surface area contributed by atoms with Crippen LogP contribution in [0, 0.1) is 0 Å². The van der Waals surface area contributed by atoms with Crippen molar-refractivity contribution >= 4 is 72.4 Å². The largest absolute Gasteiger partial charge is 0.456 e. The molecule has 4 aromatic rings. The molecule has 33 heavy (non-hydrogen) atoms. The van der Waals surface area contributed by atoms with E-state index in [1.54, 1.807) is 0 Å². The van der Waals surface area contributed by atoms with E-state index in [9.17, 15) is 22.0 Å². The van der Waals surface area contributed by atoms with Crippen molar-refractivity contribution < 1.29 is 31.1 Å². The summed E-state index contributed by atoms with van der Waals surface area (Å²) >= 11 is 12.1. The standard InChI is InChI=1S/C20H13Cl2F2N3O5S/c1-33(29,30)27-9-2-3-13-10(6-9)16-14(31-13)4-5-15(32-20(23)24)17(16)19(28)26-18-11(21)7-25-8-12(18)22/h2-8,20,27H,1H3,(H,25,26,28). The minimum absolute atomic E-state index is 0.0190. The molecule has 0 saturated heterocycles. The summed E-state index contributed by atoms with van der Waals surface area (Å²) in [6.45, 7) is -3.22. The molecule has 2 heterocycles. The number of fused-ring (bicyclic) bond motifs is 3. The first kappa shape index (κ1) is 23.0.